The van der Waals surface area contributed by atoms with Crippen molar-refractivity contribution >= 4 is 11.6 Å². The van der Waals surface area contributed by atoms with Crippen molar-refractivity contribution in [2.75, 3.05) is 25.0 Å². The van der Waals surface area contributed by atoms with Crippen LogP contribution < -0.4 is 15.4 Å². The summed E-state index contributed by atoms with van der Waals surface area (Å²) in [5.41, 5.74) is 0.729. The lowest BCUT2D eigenvalue weighted by atomic mass is 10.1. The van der Waals surface area contributed by atoms with E-state index in [0.717, 1.165) is 12.2 Å². The minimum absolute atomic E-state index is 0.00287. The summed E-state index contributed by atoms with van der Waals surface area (Å²) in [6.07, 6.45) is 0. The summed E-state index contributed by atoms with van der Waals surface area (Å²) >= 11 is 0. The van der Waals surface area contributed by atoms with Crippen molar-refractivity contribution in [3.05, 3.63) is 24.3 Å². The predicted molar refractivity (Wildman–Crippen MR) is 73.9 cm³/mol. The summed E-state index contributed by atoms with van der Waals surface area (Å²) in [7, 11) is 0. The van der Waals surface area contributed by atoms with E-state index in [1.165, 1.54) is 0 Å². The van der Waals surface area contributed by atoms with Gasteiger partial charge in [0.1, 0.15) is 5.75 Å². The molecule has 0 aliphatic rings. The molecule has 0 aliphatic carbocycles. The molecule has 0 fully saturated rings. The number of anilines is 1. The highest BCUT2D eigenvalue weighted by atomic mass is 16.5. The molecular weight excluding hydrogens is 228 g/mol. The molecule has 1 amide bonds. The topological polar surface area (TPSA) is 50.4 Å². The van der Waals surface area contributed by atoms with Gasteiger partial charge in [-0.15, -0.1) is 0 Å². The van der Waals surface area contributed by atoms with E-state index in [1.54, 1.807) is 0 Å². The van der Waals surface area contributed by atoms with Gasteiger partial charge in [0.25, 0.3) is 0 Å². The first-order valence-electron chi connectivity index (χ1n) is 6.42. The van der Waals surface area contributed by atoms with Gasteiger partial charge in [0.2, 0.25) is 5.91 Å². The number of hydrogen-bond donors (Lipinski definition) is 2. The Morgan fingerprint density at radius 2 is 2.06 bits per heavy atom. The second-order valence-electron chi connectivity index (χ2n) is 4.13. The van der Waals surface area contributed by atoms with Gasteiger partial charge in [0.15, 0.2) is 0 Å². The number of carbonyl (C=O) groups excluding carboxylic acids is 1. The fourth-order valence-corrected chi connectivity index (χ4v) is 1.56. The summed E-state index contributed by atoms with van der Waals surface area (Å²) in [5.74, 6) is 0.645. The third-order valence-electron chi connectivity index (χ3n) is 2.59. The molecule has 1 atom stereocenters. The van der Waals surface area contributed by atoms with Crippen LogP contribution in [-0.2, 0) is 4.79 Å². The quantitative estimate of drug-likeness (QED) is 0.780. The molecule has 0 saturated carbocycles. The number of nitrogens with one attached hydrogen (secondary N) is 2. The van der Waals surface area contributed by atoms with E-state index >= 15 is 0 Å². The van der Waals surface area contributed by atoms with Gasteiger partial charge in [-0.3, -0.25) is 4.79 Å². The molecule has 2 N–H and O–H groups in total. The van der Waals surface area contributed by atoms with Gasteiger partial charge in [-0.1, -0.05) is 26.0 Å². The maximum absolute atomic E-state index is 12.0. The lowest BCUT2D eigenvalue weighted by Gasteiger charge is -2.15. The zero-order chi connectivity index (χ0) is 13.4. The third kappa shape index (κ3) is 4.37. The lowest BCUT2D eigenvalue weighted by Crippen LogP contribution is -2.30. The molecule has 1 rings (SSSR count). The molecule has 1 aromatic carbocycles. The highest BCUT2D eigenvalue weighted by molar-refractivity contribution is 5.93. The van der Waals surface area contributed by atoms with Crippen molar-refractivity contribution in [1.29, 1.82) is 0 Å². The van der Waals surface area contributed by atoms with E-state index in [2.05, 4.69) is 10.6 Å². The van der Waals surface area contributed by atoms with Gasteiger partial charge in [0, 0.05) is 12.5 Å². The van der Waals surface area contributed by atoms with Gasteiger partial charge < -0.3 is 15.4 Å². The van der Waals surface area contributed by atoms with E-state index in [0.29, 0.717) is 18.9 Å². The number of hydrogen-bond acceptors (Lipinski definition) is 3. The molecule has 0 saturated heterocycles. The zero-order valence-corrected chi connectivity index (χ0v) is 11.3. The SMILES string of the molecule is CCNCC(C)C(=O)Nc1ccccc1OCC. The maximum atomic E-state index is 12.0. The van der Waals surface area contributed by atoms with Crippen LogP contribution in [-0.4, -0.2) is 25.6 Å². The Morgan fingerprint density at radius 1 is 1.33 bits per heavy atom. The summed E-state index contributed by atoms with van der Waals surface area (Å²) in [6.45, 7) is 7.98. The Morgan fingerprint density at radius 3 is 2.72 bits per heavy atom. The van der Waals surface area contributed by atoms with E-state index < -0.39 is 0 Å². The van der Waals surface area contributed by atoms with Gasteiger partial charge in [-0.25, -0.2) is 0 Å². The molecule has 1 unspecified atom stereocenters. The van der Waals surface area contributed by atoms with Gasteiger partial charge in [0.05, 0.1) is 12.3 Å². The Kier molecular flexibility index (Phi) is 6.22. The summed E-state index contributed by atoms with van der Waals surface area (Å²) in [4.78, 5) is 12.0. The second kappa shape index (κ2) is 7.71. The number of carbonyl (C=O) groups is 1. The van der Waals surface area contributed by atoms with Crippen molar-refractivity contribution in [1.82, 2.24) is 5.32 Å². The monoisotopic (exact) mass is 250 g/mol. The van der Waals surface area contributed by atoms with E-state index in [1.807, 2.05) is 45.0 Å². The summed E-state index contributed by atoms with van der Waals surface area (Å²) in [5, 5.41) is 6.06. The minimum Gasteiger partial charge on any atom is -0.492 e. The fraction of sp³-hybridized carbons (Fsp3) is 0.500. The smallest absolute Gasteiger partial charge is 0.228 e. The van der Waals surface area contributed by atoms with Crippen molar-refractivity contribution in [3.63, 3.8) is 0 Å². The van der Waals surface area contributed by atoms with Crippen LogP contribution in [0.25, 0.3) is 0 Å². The van der Waals surface area contributed by atoms with E-state index in [-0.39, 0.29) is 11.8 Å². The number of ether oxygens (including phenoxy) is 1. The first-order valence-corrected chi connectivity index (χ1v) is 6.42. The molecule has 0 spiro atoms. The molecule has 0 radical (unpaired) electrons. The third-order valence-corrected chi connectivity index (χ3v) is 2.59. The minimum atomic E-state index is -0.0698. The highest BCUT2D eigenvalue weighted by Crippen LogP contribution is 2.24. The Balaban J connectivity index is 2.63. The fourth-order valence-electron chi connectivity index (χ4n) is 1.56. The zero-order valence-electron chi connectivity index (χ0n) is 11.3. The number of benzene rings is 1. The van der Waals surface area contributed by atoms with Crippen LogP contribution in [0.5, 0.6) is 5.75 Å². The predicted octanol–water partition coefficient (Wildman–Crippen LogP) is 2.27. The Labute approximate surface area is 109 Å². The highest BCUT2D eigenvalue weighted by Gasteiger charge is 2.14. The first-order chi connectivity index (χ1) is 8.69. The first kappa shape index (κ1) is 14.5. The number of para-hydroxylation sites is 2. The molecule has 0 bridgehead atoms. The van der Waals surface area contributed by atoms with E-state index in [4.69, 9.17) is 4.74 Å². The standard InChI is InChI=1S/C14H22N2O2/c1-4-15-10-11(3)14(17)16-12-8-6-7-9-13(12)18-5-2/h6-9,11,15H,4-5,10H2,1-3H3,(H,16,17). The van der Waals surface area contributed by atoms with Crippen molar-refractivity contribution in [2.24, 2.45) is 5.92 Å². The van der Waals surface area contributed by atoms with Gasteiger partial charge >= 0.3 is 0 Å². The molecule has 100 valence electrons. The molecule has 0 heterocycles. The van der Waals surface area contributed by atoms with Gasteiger partial charge in [-0.2, -0.15) is 0 Å². The summed E-state index contributed by atoms with van der Waals surface area (Å²) < 4.78 is 5.47. The average molecular weight is 250 g/mol. The van der Waals surface area contributed by atoms with Crippen molar-refractivity contribution < 1.29 is 9.53 Å². The molecule has 0 aromatic heterocycles. The maximum Gasteiger partial charge on any atom is 0.228 e. The second-order valence-corrected chi connectivity index (χ2v) is 4.13. The molecule has 18 heavy (non-hydrogen) atoms. The van der Waals surface area contributed by atoms with Crippen LogP contribution in [0, 0.1) is 5.92 Å². The van der Waals surface area contributed by atoms with Crippen molar-refractivity contribution in [2.45, 2.75) is 20.8 Å². The van der Waals surface area contributed by atoms with Crippen LogP contribution in [0.15, 0.2) is 24.3 Å². The van der Waals surface area contributed by atoms with Crippen LogP contribution in [0.2, 0.25) is 0 Å². The average Bonchev–Trinajstić information content (AvgIpc) is 2.38. The summed E-state index contributed by atoms with van der Waals surface area (Å²) in [6, 6.07) is 7.48. The van der Waals surface area contributed by atoms with Crippen LogP contribution in [0.4, 0.5) is 5.69 Å². The molecular formula is C14H22N2O2. The van der Waals surface area contributed by atoms with E-state index in [9.17, 15) is 4.79 Å². The Bertz CT molecular complexity index is 380. The largest absolute Gasteiger partial charge is 0.492 e. The molecule has 0 aliphatic heterocycles. The van der Waals surface area contributed by atoms with Gasteiger partial charge in [-0.05, 0) is 25.6 Å². The molecule has 4 nitrogen and oxygen atoms in total. The number of amides is 1. The van der Waals surface area contributed by atoms with Crippen LogP contribution in [0.1, 0.15) is 20.8 Å². The lowest BCUT2D eigenvalue weighted by molar-refractivity contribution is -0.119. The van der Waals surface area contributed by atoms with Crippen LogP contribution in [0.3, 0.4) is 0 Å². The van der Waals surface area contributed by atoms with Crippen LogP contribution >= 0.6 is 0 Å². The normalized spacial score (nSPS) is 11.9. The number of rotatable bonds is 7. The molecule has 4 heteroatoms. The van der Waals surface area contributed by atoms with Crippen molar-refractivity contribution in [3.8, 4) is 5.75 Å². The molecule has 1 aromatic rings. The Hall–Kier alpha value is -1.55.